The highest BCUT2D eigenvalue weighted by atomic mass is 16.5. The molecule has 0 fully saturated rings. The number of benzene rings is 1. The lowest BCUT2D eigenvalue weighted by molar-refractivity contribution is 0.416. The molecule has 74 valence electrons. The lowest BCUT2D eigenvalue weighted by Crippen LogP contribution is -2.12. The quantitative estimate of drug-likeness (QED) is 0.795. The van der Waals surface area contributed by atoms with Crippen LogP contribution in [-0.2, 0) is 0 Å². The van der Waals surface area contributed by atoms with Crippen LogP contribution in [0.4, 0.5) is 5.69 Å². The Hall–Kier alpha value is -1.69. The number of nitrogens with zero attached hydrogens (tertiary/aromatic N) is 1. The zero-order chi connectivity index (χ0) is 10.6. The molecule has 0 saturated heterocycles. The number of anilines is 1. The maximum atomic E-state index is 8.68. The Bertz CT molecular complexity index is 355. The van der Waals surface area contributed by atoms with Crippen molar-refractivity contribution in [1.29, 1.82) is 5.26 Å². The monoisotopic (exact) mass is 190 g/mol. The van der Waals surface area contributed by atoms with Crippen molar-refractivity contribution in [2.45, 2.75) is 19.9 Å². The molecule has 1 atom stereocenters. The number of ether oxygens (including phenoxy) is 1. The van der Waals surface area contributed by atoms with E-state index in [2.05, 4.69) is 11.4 Å². The number of nitriles is 1. The minimum Gasteiger partial charge on any atom is -0.495 e. The molecule has 1 N–H and O–H groups in total. The molecule has 3 heteroatoms. The molecule has 1 unspecified atom stereocenters. The van der Waals surface area contributed by atoms with Gasteiger partial charge in [0.05, 0.1) is 18.9 Å². The van der Waals surface area contributed by atoms with Crippen LogP contribution in [0.1, 0.15) is 12.5 Å². The smallest absolute Gasteiger partial charge is 0.142 e. The van der Waals surface area contributed by atoms with Gasteiger partial charge >= 0.3 is 0 Å². The van der Waals surface area contributed by atoms with Crippen LogP contribution < -0.4 is 10.1 Å². The zero-order valence-corrected chi connectivity index (χ0v) is 8.66. The van der Waals surface area contributed by atoms with Crippen molar-refractivity contribution in [3.8, 4) is 11.8 Å². The molecule has 0 bridgehead atoms. The summed E-state index contributed by atoms with van der Waals surface area (Å²) in [5.74, 6) is 0.762. The van der Waals surface area contributed by atoms with E-state index in [1.54, 1.807) is 7.11 Å². The average Bonchev–Trinajstić information content (AvgIpc) is 2.18. The normalized spacial score (nSPS) is 11.6. The van der Waals surface area contributed by atoms with Gasteiger partial charge in [-0.15, -0.1) is 0 Å². The van der Waals surface area contributed by atoms with Crippen molar-refractivity contribution in [3.63, 3.8) is 0 Å². The number of nitrogens with one attached hydrogen (secondary N) is 1. The third-order valence-electron chi connectivity index (χ3n) is 1.92. The second kappa shape index (κ2) is 4.52. The summed E-state index contributed by atoms with van der Waals surface area (Å²) in [5.41, 5.74) is 2.00. The lowest BCUT2D eigenvalue weighted by Gasteiger charge is -2.12. The van der Waals surface area contributed by atoms with Crippen LogP contribution >= 0.6 is 0 Å². The van der Waals surface area contributed by atoms with Gasteiger partial charge in [-0.2, -0.15) is 5.26 Å². The largest absolute Gasteiger partial charge is 0.495 e. The van der Waals surface area contributed by atoms with Gasteiger partial charge in [-0.25, -0.2) is 0 Å². The lowest BCUT2D eigenvalue weighted by atomic mass is 10.2. The molecule has 3 nitrogen and oxygen atoms in total. The summed E-state index contributed by atoms with van der Waals surface area (Å²) in [6.07, 6.45) is 0. The maximum absolute atomic E-state index is 8.68. The van der Waals surface area contributed by atoms with Crippen molar-refractivity contribution < 1.29 is 4.74 Å². The van der Waals surface area contributed by atoms with Crippen LogP contribution in [0.3, 0.4) is 0 Å². The van der Waals surface area contributed by atoms with E-state index in [0.717, 1.165) is 17.0 Å². The standard InChI is InChI=1S/C11H14N2O/c1-8-4-5-11(14-3)10(6-8)13-9(2)7-12/h4-6,9,13H,1-3H3. The summed E-state index contributed by atoms with van der Waals surface area (Å²) in [6, 6.07) is 7.73. The van der Waals surface area contributed by atoms with E-state index >= 15 is 0 Å². The third-order valence-corrected chi connectivity index (χ3v) is 1.92. The summed E-state index contributed by atoms with van der Waals surface area (Å²) in [7, 11) is 1.62. The third kappa shape index (κ3) is 2.40. The number of hydrogen-bond acceptors (Lipinski definition) is 3. The van der Waals surface area contributed by atoms with Crippen LogP contribution in [0.2, 0.25) is 0 Å². The second-order valence-corrected chi connectivity index (χ2v) is 3.20. The molecule has 0 aliphatic rings. The fourth-order valence-electron chi connectivity index (χ4n) is 1.20. The molecule has 0 heterocycles. The van der Waals surface area contributed by atoms with Crippen molar-refractivity contribution in [2.75, 3.05) is 12.4 Å². The zero-order valence-electron chi connectivity index (χ0n) is 8.66. The van der Waals surface area contributed by atoms with Gasteiger partial charge in [0, 0.05) is 0 Å². The molecule has 0 saturated carbocycles. The van der Waals surface area contributed by atoms with Crippen molar-refractivity contribution >= 4 is 5.69 Å². The first kappa shape index (κ1) is 10.4. The Morgan fingerprint density at radius 2 is 2.21 bits per heavy atom. The van der Waals surface area contributed by atoms with Crippen molar-refractivity contribution in [3.05, 3.63) is 23.8 Å². The fraction of sp³-hybridized carbons (Fsp3) is 0.364. The number of aryl methyl sites for hydroxylation is 1. The summed E-state index contributed by atoms with van der Waals surface area (Å²) in [5, 5.41) is 11.7. The first-order valence-corrected chi connectivity index (χ1v) is 4.48. The molecular formula is C11H14N2O. The first-order chi connectivity index (χ1) is 6.67. The molecule has 0 aromatic heterocycles. The van der Waals surface area contributed by atoms with Gasteiger partial charge in [0.1, 0.15) is 11.8 Å². The molecule has 1 rings (SSSR count). The molecule has 1 aromatic rings. The molecular weight excluding hydrogens is 176 g/mol. The van der Waals surface area contributed by atoms with Gasteiger partial charge in [-0.1, -0.05) is 6.07 Å². The summed E-state index contributed by atoms with van der Waals surface area (Å²) < 4.78 is 5.17. The van der Waals surface area contributed by atoms with Gasteiger partial charge < -0.3 is 10.1 Å². The SMILES string of the molecule is COc1ccc(C)cc1NC(C)C#N. The number of rotatable bonds is 3. The average molecular weight is 190 g/mol. The highest BCUT2D eigenvalue weighted by Gasteiger charge is 2.05. The highest BCUT2D eigenvalue weighted by molar-refractivity contribution is 5.59. The number of hydrogen-bond donors (Lipinski definition) is 1. The van der Waals surface area contributed by atoms with Crippen LogP contribution in [0.15, 0.2) is 18.2 Å². The summed E-state index contributed by atoms with van der Waals surface area (Å²) >= 11 is 0. The predicted molar refractivity (Wildman–Crippen MR) is 56.4 cm³/mol. The molecule has 1 aromatic carbocycles. The van der Waals surface area contributed by atoms with E-state index in [0.29, 0.717) is 0 Å². The molecule has 0 aliphatic heterocycles. The van der Waals surface area contributed by atoms with Crippen LogP contribution in [-0.4, -0.2) is 13.2 Å². The summed E-state index contributed by atoms with van der Waals surface area (Å²) in [6.45, 7) is 3.81. The number of methoxy groups -OCH3 is 1. The van der Waals surface area contributed by atoms with Gasteiger partial charge in [0.15, 0.2) is 0 Å². The van der Waals surface area contributed by atoms with Gasteiger partial charge in [0.25, 0.3) is 0 Å². The van der Waals surface area contributed by atoms with E-state index in [1.165, 1.54) is 0 Å². The Labute approximate surface area is 84.3 Å². The van der Waals surface area contributed by atoms with Crippen molar-refractivity contribution in [2.24, 2.45) is 0 Å². The van der Waals surface area contributed by atoms with Gasteiger partial charge in [-0.05, 0) is 31.5 Å². The molecule has 0 spiro atoms. The fourth-order valence-corrected chi connectivity index (χ4v) is 1.20. The van der Waals surface area contributed by atoms with E-state index in [-0.39, 0.29) is 6.04 Å². The van der Waals surface area contributed by atoms with E-state index in [1.807, 2.05) is 32.0 Å². The van der Waals surface area contributed by atoms with Crippen molar-refractivity contribution in [1.82, 2.24) is 0 Å². The Balaban J connectivity index is 2.94. The maximum Gasteiger partial charge on any atom is 0.142 e. The van der Waals surface area contributed by atoms with E-state index in [9.17, 15) is 0 Å². The first-order valence-electron chi connectivity index (χ1n) is 4.48. The van der Waals surface area contributed by atoms with Crippen LogP contribution in [0, 0.1) is 18.3 Å². The minimum absolute atomic E-state index is 0.217. The van der Waals surface area contributed by atoms with Gasteiger partial charge in [-0.3, -0.25) is 0 Å². The molecule has 0 radical (unpaired) electrons. The topological polar surface area (TPSA) is 45.0 Å². The Morgan fingerprint density at radius 1 is 1.50 bits per heavy atom. The molecule has 0 aliphatic carbocycles. The van der Waals surface area contributed by atoms with Crippen LogP contribution in [0.5, 0.6) is 5.75 Å². The minimum atomic E-state index is -0.217. The van der Waals surface area contributed by atoms with Crippen LogP contribution in [0.25, 0.3) is 0 Å². The van der Waals surface area contributed by atoms with Gasteiger partial charge in [0.2, 0.25) is 0 Å². The van der Waals surface area contributed by atoms with E-state index in [4.69, 9.17) is 10.00 Å². The van der Waals surface area contributed by atoms with E-state index < -0.39 is 0 Å². The highest BCUT2D eigenvalue weighted by Crippen LogP contribution is 2.25. The molecule has 0 amide bonds. The predicted octanol–water partition coefficient (Wildman–Crippen LogP) is 2.33. The molecule has 14 heavy (non-hydrogen) atoms. The summed E-state index contributed by atoms with van der Waals surface area (Å²) in [4.78, 5) is 0. The second-order valence-electron chi connectivity index (χ2n) is 3.20. The Morgan fingerprint density at radius 3 is 2.79 bits per heavy atom. The Kier molecular flexibility index (Phi) is 3.35.